The standard InChI is InChI=1S/C14H13F3N2O3/c15-14(16,17)8-1-2-10-9(5-8)18-6-13(7-22-10)4-3-11(20)19-12(13)21/h1-2,5,18H,3-4,6-7H2,(H,19,20,21). The largest absolute Gasteiger partial charge is 0.490 e. The SMILES string of the molecule is O=C1CCC2(CNc3cc(C(F)(F)F)ccc3OC2)C(=O)N1. The minimum atomic E-state index is -4.45. The van der Waals surface area contributed by atoms with Crippen molar-refractivity contribution in [2.24, 2.45) is 5.41 Å². The average molecular weight is 314 g/mol. The van der Waals surface area contributed by atoms with Gasteiger partial charge in [-0.05, 0) is 24.6 Å². The molecule has 2 amide bonds. The molecule has 1 unspecified atom stereocenters. The highest BCUT2D eigenvalue weighted by Gasteiger charge is 2.45. The van der Waals surface area contributed by atoms with E-state index in [-0.39, 0.29) is 36.9 Å². The van der Waals surface area contributed by atoms with Gasteiger partial charge in [-0.3, -0.25) is 14.9 Å². The van der Waals surface area contributed by atoms with Gasteiger partial charge in [-0.2, -0.15) is 13.2 Å². The molecule has 5 nitrogen and oxygen atoms in total. The van der Waals surface area contributed by atoms with Gasteiger partial charge in [0, 0.05) is 13.0 Å². The van der Waals surface area contributed by atoms with Gasteiger partial charge < -0.3 is 10.1 Å². The summed E-state index contributed by atoms with van der Waals surface area (Å²) in [7, 11) is 0. The third-order valence-electron chi connectivity index (χ3n) is 3.99. The van der Waals surface area contributed by atoms with E-state index in [0.29, 0.717) is 6.42 Å². The quantitative estimate of drug-likeness (QED) is 0.718. The highest BCUT2D eigenvalue weighted by atomic mass is 19.4. The molecule has 0 aromatic heterocycles. The fourth-order valence-corrected chi connectivity index (χ4v) is 2.60. The predicted octanol–water partition coefficient (Wildman–Crippen LogP) is 1.93. The summed E-state index contributed by atoms with van der Waals surface area (Å²) in [6, 6.07) is 3.12. The highest BCUT2D eigenvalue weighted by Crippen LogP contribution is 2.39. The number of ether oxygens (including phenoxy) is 1. The fourth-order valence-electron chi connectivity index (χ4n) is 2.60. The van der Waals surface area contributed by atoms with E-state index in [1.807, 2.05) is 0 Å². The lowest BCUT2D eigenvalue weighted by Crippen LogP contribution is -2.54. The molecule has 3 rings (SSSR count). The van der Waals surface area contributed by atoms with Gasteiger partial charge in [0.25, 0.3) is 0 Å². The molecule has 0 saturated carbocycles. The monoisotopic (exact) mass is 314 g/mol. The number of imide groups is 1. The molecule has 2 aliphatic rings. The maximum Gasteiger partial charge on any atom is 0.416 e. The number of nitrogens with one attached hydrogen (secondary N) is 2. The van der Waals surface area contributed by atoms with E-state index in [2.05, 4.69) is 10.6 Å². The lowest BCUT2D eigenvalue weighted by molar-refractivity contribution is -0.142. The van der Waals surface area contributed by atoms with E-state index in [1.54, 1.807) is 0 Å². The Morgan fingerprint density at radius 3 is 2.68 bits per heavy atom. The van der Waals surface area contributed by atoms with E-state index in [1.165, 1.54) is 6.07 Å². The van der Waals surface area contributed by atoms with Crippen LogP contribution in [-0.2, 0) is 15.8 Å². The van der Waals surface area contributed by atoms with Crippen molar-refractivity contribution < 1.29 is 27.5 Å². The second kappa shape index (κ2) is 4.89. The molecule has 1 fully saturated rings. The van der Waals surface area contributed by atoms with Crippen LogP contribution in [0.3, 0.4) is 0 Å². The van der Waals surface area contributed by atoms with Crippen LogP contribution in [0, 0.1) is 5.41 Å². The summed E-state index contributed by atoms with van der Waals surface area (Å²) in [4.78, 5) is 23.3. The van der Waals surface area contributed by atoms with Crippen LogP contribution in [0.2, 0.25) is 0 Å². The molecule has 22 heavy (non-hydrogen) atoms. The first-order valence-corrected chi connectivity index (χ1v) is 6.72. The number of alkyl halides is 3. The number of hydrogen-bond acceptors (Lipinski definition) is 4. The van der Waals surface area contributed by atoms with Crippen molar-refractivity contribution in [3.05, 3.63) is 23.8 Å². The number of rotatable bonds is 0. The number of anilines is 1. The molecule has 1 atom stereocenters. The van der Waals surface area contributed by atoms with Crippen LogP contribution >= 0.6 is 0 Å². The van der Waals surface area contributed by atoms with Gasteiger partial charge in [-0.25, -0.2) is 0 Å². The molecular weight excluding hydrogens is 301 g/mol. The molecule has 2 aliphatic heterocycles. The van der Waals surface area contributed by atoms with Gasteiger partial charge in [0.1, 0.15) is 17.8 Å². The molecule has 0 radical (unpaired) electrons. The van der Waals surface area contributed by atoms with Crippen LogP contribution in [-0.4, -0.2) is 25.0 Å². The molecule has 2 N–H and O–H groups in total. The highest BCUT2D eigenvalue weighted by molar-refractivity contribution is 6.01. The molecule has 0 aliphatic carbocycles. The minimum absolute atomic E-state index is 0.0114. The Bertz CT molecular complexity index is 645. The smallest absolute Gasteiger partial charge is 0.416 e. The number of carbonyl (C=O) groups excluding carboxylic acids is 2. The van der Waals surface area contributed by atoms with E-state index in [0.717, 1.165) is 12.1 Å². The van der Waals surface area contributed by atoms with Crippen molar-refractivity contribution in [3.63, 3.8) is 0 Å². The molecule has 1 spiro atoms. The van der Waals surface area contributed by atoms with Crippen LogP contribution in [0.1, 0.15) is 18.4 Å². The molecule has 1 saturated heterocycles. The number of benzene rings is 1. The van der Waals surface area contributed by atoms with Gasteiger partial charge in [0.2, 0.25) is 11.8 Å². The van der Waals surface area contributed by atoms with Gasteiger partial charge in [0.05, 0.1) is 11.3 Å². The third kappa shape index (κ3) is 2.49. The second-order valence-corrected chi connectivity index (χ2v) is 5.51. The summed E-state index contributed by atoms with van der Waals surface area (Å²) < 4.78 is 43.7. The fraction of sp³-hybridized carbons (Fsp3) is 0.429. The molecule has 2 heterocycles. The van der Waals surface area contributed by atoms with Crippen LogP contribution in [0.15, 0.2) is 18.2 Å². The Kier molecular flexibility index (Phi) is 3.26. The normalized spacial score (nSPS) is 24.9. The molecule has 1 aromatic rings. The Morgan fingerprint density at radius 2 is 2.00 bits per heavy atom. The number of carbonyl (C=O) groups is 2. The Labute approximate surface area is 123 Å². The van der Waals surface area contributed by atoms with E-state index in [4.69, 9.17) is 4.74 Å². The maximum absolute atomic E-state index is 12.7. The number of amides is 2. The Hall–Kier alpha value is -2.25. The molecule has 118 valence electrons. The van der Waals surface area contributed by atoms with E-state index < -0.39 is 23.1 Å². The van der Waals surface area contributed by atoms with E-state index >= 15 is 0 Å². The van der Waals surface area contributed by atoms with Crippen LogP contribution in [0.5, 0.6) is 5.75 Å². The van der Waals surface area contributed by atoms with Crippen molar-refractivity contribution in [1.29, 1.82) is 0 Å². The summed E-state index contributed by atoms with van der Waals surface area (Å²) in [5.74, 6) is -0.550. The summed E-state index contributed by atoms with van der Waals surface area (Å²) in [6.45, 7) is 0.123. The molecule has 0 bridgehead atoms. The maximum atomic E-state index is 12.7. The van der Waals surface area contributed by atoms with E-state index in [9.17, 15) is 22.8 Å². The molecule has 1 aromatic carbocycles. The number of fused-ring (bicyclic) bond motifs is 1. The van der Waals surface area contributed by atoms with Crippen molar-refractivity contribution in [1.82, 2.24) is 5.32 Å². The molecule has 8 heteroatoms. The predicted molar refractivity (Wildman–Crippen MR) is 70.2 cm³/mol. The zero-order chi connectivity index (χ0) is 16.0. The van der Waals surface area contributed by atoms with Gasteiger partial charge in [0.15, 0.2) is 0 Å². The van der Waals surface area contributed by atoms with Gasteiger partial charge in [-0.1, -0.05) is 0 Å². The van der Waals surface area contributed by atoms with Gasteiger partial charge >= 0.3 is 6.18 Å². The lowest BCUT2D eigenvalue weighted by atomic mass is 9.80. The summed E-state index contributed by atoms with van der Waals surface area (Å²) in [5, 5.41) is 5.10. The number of piperidine rings is 1. The average Bonchev–Trinajstić information content (AvgIpc) is 2.63. The van der Waals surface area contributed by atoms with Crippen LogP contribution < -0.4 is 15.4 Å². The minimum Gasteiger partial charge on any atom is -0.490 e. The molecular formula is C14H13F3N2O3. The van der Waals surface area contributed by atoms with Crippen molar-refractivity contribution >= 4 is 17.5 Å². The topological polar surface area (TPSA) is 67.4 Å². The lowest BCUT2D eigenvalue weighted by Gasteiger charge is -2.33. The zero-order valence-electron chi connectivity index (χ0n) is 11.4. The number of hydrogen-bond donors (Lipinski definition) is 2. The third-order valence-corrected chi connectivity index (χ3v) is 3.99. The van der Waals surface area contributed by atoms with Crippen molar-refractivity contribution in [2.75, 3.05) is 18.5 Å². The zero-order valence-corrected chi connectivity index (χ0v) is 11.4. The Morgan fingerprint density at radius 1 is 1.23 bits per heavy atom. The first kappa shape index (κ1) is 14.7. The number of halogens is 3. The van der Waals surface area contributed by atoms with Crippen LogP contribution in [0.4, 0.5) is 18.9 Å². The first-order valence-electron chi connectivity index (χ1n) is 6.72. The van der Waals surface area contributed by atoms with Crippen LogP contribution in [0.25, 0.3) is 0 Å². The Balaban J connectivity index is 1.86. The summed E-state index contributed by atoms with van der Waals surface area (Å²) in [5.41, 5.74) is -1.55. The summed E-state index contributed by atoms with van der Waals surface area (Å²) >= 11 is 0. The first-order chi connectivity index (χ1) is 10.3. The van der Waals surface area contributed by atoms with Gasteiger partial charge in [-0.15, -0.1) is 0 Å². The van der Waals surface area contributed by atoms with Crippen molar-refractivity contribution in [2.45, 2.75) is 19.0 Å². The van der Waals surface area contributed by atoms with Crippen molar-refractivity contribution in [3.8, 4) is 5.75 Å². The summed E-state index contributed by atoms with van der Waals surface area (Å²) in [6.07, 6.45) is -3.97. The second-order valence-electron chi connectivity index (χ2n) is 5.51.